The molecule has 1 rings (SSSR count). The van der Waals surface area contributed by atoms with Crippen LogP contribution < -0.4 is 5.73 Å². The van der Waals surface area contributed by atoms with Crippen molar-refractivity contribution in [3.8, 4) is 0 Å². The fourth-order valence-electron chi connectivity index (χ4n) is 1.09. The molecule has 2 nitrogen and oxygen atoms in total. The SMILES string of the molecule is CCCOCc1cc(N)cc(Br)c1. The van der Waals surface area contributed by atoms with Crippen molar-refractivity contribution >= 4 is 21.6 Å². The molecule has 0 unspecified atom stereocenters. The first-order valence-corrected chi connectivity index (χ1v) is 5.14. The molecular weight excluding hydrogens is 230 g/mol. The lowest BCUT2D eigenvalue weighted by Crippen LogP contribution is -1.95. The molecule has 72 valence electrons. The Morgan fingerprint density at radius 3 is 2.77 bits per heavy atom. The van der Waals surface area contributed by atoms with E-state index >= 15 is 0 Å². The summed E-state index contributed by atoms with van der Waals surface area (Å²) in [6, 6.07) is 5.83. The second-order valence-corrected chi connectivity index (χ2v) is 3.86. The van der Waals surface area contributed by atoms with Crippen molar-refractivity contribution < 1.29 is 4.74 Å². The molecular formula is C10H14BrNO. The highest BCUT2D eigenvalue weighted by molar-refractivity contribution is 9.10. The molecule has 1 aromatic rings. The summed E-state index contributed by atoms with van der Waals surface area (Å²) >= 11 is 3.39. The van der Waals surface area contributed by atoms with Crippen molar-refractivity contribution in [1.29, 1.82) is 0 Å². The monoisotopic (exact) mass is 243 g/mol. The number of ether oxygens (including phenoxy) is 1. The zero-order valence-electron chi connectivity index (χ0n) is 7.72. The summed E-state index contributed by atoms with van der Waals surface area (Å²) in [5.74, 6) is 0. The zero-order valence-corrected chi connectivity index (χ0v) is 9.30. The van der Waals surface area contributed by atoms with Crippen molar-refractivity contribution in [1.82, 2.24) is 0 Å². The number of hydrogen-bond donors (Lipinski definition) is 1. The van der Waals surface area contributed by atoms with E-state index < -0.39 is 0 Å². The van der Waals surface area contributed by atoms with Crippen molar-refractivity contribution in [2.75, 3.05) is 12.3 Å². The van der Waals surface area contributed by atoms with Gasteiger partial charge in [0.2, 0.25) is 0 Å². The first-order valence-electron chi connectivity index (χ1n) is 4.35. The topological polar surface area (TPSA) is 35.2 Å². The maximum absolute atomic E-state index is 5.68. The Morgan fingerprint density at radius 2 is 2.15 bits per heavy atom. The lowest BCUT2D eigenvalue weighted by molar-refractivity contribution is 0.121. The molecule has 0 amide bonds. The highest BCUT2D eigenvalue weighted by atomic mass is 79.9. The third-order valence-corrected chi connectivity index (χ3v) is 2.05. The molecule has 2 N–H and O–H groups in total. The van der Waals surface area contributed by atoms with Gasteiger partial charge in [-0.25, -0.2) is 0 Å². The quantitative estimate of drug-likeness (QED) is 0.652. The van der Waals surface area contributed by atoms with E-state index in [0.717, 1.165) is 28.8 Å². The second kappa shape index (κ2) is 5.25. The van der Waals surface area contributed by atoms with Gasteiger partial charge in [-0.15, -0.1) is 0 Å². The molecule has 0 aliphatic carbocycles. The lowest BCUT2D eigenvalue weighted by atomic mass is 10.2. The van der Waals surface area contributed by atoms with Crippen LogP contribution in [0.15, 0.2) is 22.7 Å². The van der Waals surface area contributed by atoms with E-state index in [1.807, 2.05) is 18.2 Å². The summed E-state index contributed by atoms with van der Waals surface area (Å²) in [5, 5.41) is 0. The fourth-order valence-corrected chi connectivity index (χ4v) is 1.65. The van der Waals surface area contributed by atoms with E-state index in [2.05, 4.69) is 22.9 Å². The van der Waals surface area contributed by atoms with Crippen LogP contribution in [0.2, 0.25) is 0 Å². The third-order valence-electron chi connectivity index (χ3n) is 1.60. The van der Waals surface area contributed by atoms with Crippen LogP contribution in [-0.4, -0.2) is 6.61 Å². The number of rotatable bonds is 4. The zero-order chi connectivity index (χ0) is 9.68. The number of benzene rings is 1. The Bertz CT molecular complexity index is 255. The summed E-state index contributed by atoms with van der Waals surface area (Å²) in [7, 11) is 0. The molecule has 0 aliphatic rings. The second-order valence-electron chi connectivity index (χ2n) is 2.95. The molecule has 0 radical (unpaired) electrons. The number of nitrogens with two attached hydrogens (primary N) is 1. The van der Waals surface area contributed by atoms with E-state index in [4.69, 9.17) is 10.5 Å². The van der Waals surface area contributed by atoms with Crippen molar-refractivity contribution in [3.63, 3.8) is 0 Å². The molecule has 3 heteroatoms. The van der Waals surface area contributed by atoms with E-state index in [9.17, 15) is 0 Å². The van der Waals surface area contributed by atoms with Crippen LogP contribution >= 0.6 is 15.9 Å². The minimum absolute atomic E-state index is 0.636. The highest BCUT2D eigenvalue weighted by Crippen LogP contribution is 2.17. The minimum Gasteiger partial charge on any atom is -0.399 e. The Hall–Kier alpha value is -0.540. The molecule has 0 spiro atoms. The maximum atomic E-state index is 5.68. The van der Waals surface area contributed by atoms with Crippen LogP contribution in [0, 0.1) is 0 Å². The van der Waals surface area contributed by atoms with Gasteiger partial charge in [0, 0.05) is 16.8 Å². The first-order chi connectivity index (χ1) is 6.22. The lowest BCUT2D eigenvalue weighted by Gasteiger charge is -2.04. The summed E-state index contributed by atoms with van der Waals surface area (Å²) in [4.78, 5) is 0. The van der Waals surface area contributed by atoms with Gasteiger partial charge in [-0.3, -0.25) is 0 Å². The Kier molecular flexibility index (Phi) is 4.25. The van der Waals surface area contributed by atoms with Crippen LogP contribution in [0.5, 0.6) is 0 Å². The van der Waals surface area contributed by atoms with Crippen LogP contribution in [0.4, 0.5) is 5.69 Å². The van der Waals surface area contributed by atoms with Crippen LogP contribution in [0.1, 0.15) is 18.9 Å². The van der Waals surface area contributed by atoms with E-state index in [1.165, 1.54) is 0 Å². The van der Waals surface area contributed by atoms with E-state index in [1.54, 1.807) is 0 Å². The standard InChI is InChI=1S/C10H14BrNO/c1-2-3-13-7-8-4-9(11)6-10(12)5-8/h4-6H,2-3,7,12H2,1H3. The van der Waals surface area contributed by atoms with Gasteiger partial charge >= 0.3 is 0 Å². The van der Waals surface area contributed by atoms with Crippen LogP contribution in [0.3, 0.4) is 0 Å². The van der Waals surface area contributed by atoms with Crippen molar-refractivity contribution in [3.05, 3.63) is 28.2 Å². The molecule has 1 aromatic carbocycles. The van der Waals surface area contributed by atoms with Gasteiger partial charge in [0.1, 0.15) is 0 Å². The molecule has 0 atom stereocenters. The molecule has 0 bridgehead atoms. The predicted molar refractivity (Wildman–Crippen MR) is 58.5 cm³/mol. The van der Waals surface area contributed by atoms with E-state index in [0.29, 0.717) is 6.61 Å². The fraction of sp³-hybridized carbons (Fsp3) is 0.400. The smallest absolute Gasteiger partial charge is 0.0718 e. The minimum atomic E-state index is 0.636. The average Bonchev–Trinajstić information content (AvgIpc) is 2.03. The number of nitrogen functional groups attached to an aromatic ring is 1. The molecule has 0 heterocycles. The molecule has 0 aromatic heterocycles. The summed E-state index contributed by atoms with van der Waals surface area (Å²) in [6.45, 7) is 3.53. The Morgan fingerprint density at radius 1 is 1.38 bits per heavy atom. The third kappa shape index (κ3) is 3.79. The Labute approximate surface area is 87.2 Å². The predicted octanol–water partition coefficient (Wildman–Crippen LogP) is 2.96. The van der Waals surface area contributed by atoms with Gasteiger partial charge in [-0.05, 0) is 30.2 Å². The molecule has 0 saturated heterocycles. The van der Waals surface area contributed by atoms with Gasteiger partial charge in [-0.1, -0.05) is 22.9 Å². The van der Waals surface area contributed by atoms with Gasteiger partial charge in [-0.2, -0.15) is 0 Å². The summed E-state index contributed by atoms with van der Waals surface area (Å²) in [6.07, 6.45) is 1.05. The van der Waals surface area contributed by atoms with Gasteiger partial charge in [0.05, 0.1) is 6.61 Å². The number of hydrogen-bond acceptors (Lipinski definition) is 2. The van der Waals surface area contributed by atoms with Crippen LogP contribution in [-0.2, 0) is 11.3 Å². The summed E-state index contributed by atoms with van der Waals surface area (Å²) < 4.78 is 6.40. The number of anilines is 1. The van der Waals surface area contributed by atoms with Gasteiger partial charge < -0.3 is 10.5 Å². The normalized spacial score (nSPS) is 10.3. The number of halogens is 1. The molecule has 0 aliphatic heterocycles. The highest BCUT2D eigenvalue weighted by Gasteiger charge is 1.96. The Balaban J connectivity index is 2.56. The summed E-state index contributed by atoms with van der Waals surface area (Å²) in [5.41, 5.74) is 7.56. The van der Waals surface area contributed by atoms with Gasteiger partial charge in [0.25, 0.3) is 0 Å². The molecule has 13 heavy (non-hydrogen) atoms. The first kappa shape index (κ1) is 10.5. The van der Waals surface area contributed by atoms with Crippen molar-refractivity contribution in [2.45, 2.75) is 20.0 Å². The largest absolute Gasteiger partial charge is 0.399 e. The van der Waals surface area contributed by atoms with Crippen LogP contribution in [0.25, 0.3) is 0 Å². The molecule has 0 fully saturated rings. The maximum Gasteiger partial charge on any atom is 0.0718 e. The average molecular weight is 244 g/mol. The van der Waals surface area contributed by atoms with E-state index in [-0.39, 0.29) is 0 Å². The van der Waals surface area contributed by atoms with Crippen molar-refractivity contribution in [2.24, 2.45) is 0 Å². The van der Waals surface area contributed by atoms with Gasteiger partial charge in [0.15, 0.2) is 0 Å². The molecule has 0 saturated carbocycles.